The van der Waals surface area contributed by atoms with Gasteiger partial charge < -0.3 is 10.0 Å². The molecule has 1 aliphatic rings. The first-order chi connectivity index (χ1) is 8.66. The third-order valence-corrected chi connectivity index (χ3v) is 4.12. The summed E-state index contributed by atoms with van der Waals surface area (Å²) in [4.78, 5) is 4.33. The highest BCUT2D eigenvalue weighted by atomic mass is 16.4. The van der Waals surface area contributed by atoms with Crippen molar-refractivity contribution in [3.05, 3.63) is 24.0 Å². The molecule has 4 heteroatoms. The second kappa shape index (κ2) is 6.35. The Morgan fingerprint density at radius 1 is 1.33 bits per heavy atom. The lowest BCUT2D eigenvalue weighted by Crippen LogP contribution is -2.30. The Labute approximate surface area is 109 Å². The van der Waals surface area contributed by atoms with Crippen LogP contribution in [0.5, 0.6) is 0 Å². The molecule has 1 heterocycles. The van der Waals surface area contributed by atoms with Crippen molar-refractivity contribution in [1.29, 1.82) is 0 Å². The van der Waals surface area contributed by atoms with E-state index in [9.17, 15) is 0 Å². The molecule has 2 N–H and O–H groups in total. The highest BCUT2D eigenvalue weighted by molar-refractivity contribution is 6.58. The molecular formula is C14H22BNO2. The highest BCUT2D eigenvalue weighted by Crippen LogP contribution is 2.31. The molecule has 0 spiro atoms. The van der Waals surface area contributed by atoms with Crippen LogP contribution in [0.25, 0.3) is 0 Å². The van der Waals surface area contributed by atoms with E-state index in [2.05, 4.69) is 11.9 Å². The van der Waals surface area contributed by atoms with Crippen molar-refractivity contribution in [3.8, 4) is 0 Å². The van der Waals surface area contributed by atoms with E-state index in [1.54, 1.807) is 12.3 Å². The summed E-state index contributed by atoms with van der Waals surface area (Å²) >= 11 is 0. The summed E-state index contributed by atoms with van der Waals surface area (Å²) in [6, 6.07) is 3.46. The van der Waals surface area contributed by atoms with Crippen LogP contribution in [0.3, 0.4) is 0 Å². The molecule has 1 unspecified atom stereocenters. The van der Waals surface area contributed by atoms with Crippen LogP contribution in [0.2, 0.25) is 0 Å². The molecule has 0 radical (unpaired) electrons. The molecule has 0 aromatic carbocycles. The van der Waals surface area contributed by atoms with Gasteiger partial charge >= 0.3 is 7.12 Å². The van der Waals surface area contributed by atoms with Crippen molar-refractivity contribution < 1.29 is 10.0 Å². The summed E-state index contributed by atoms with van der Waals surface area (Å²) in [5, 5.41) is 18.3. The predicted molar refractivity (Wildman–Crippen MR) is 73.5 cm³/mol. The van der Waals surface area contributed by atoms with Crippen molar-refractivity contribution in [2.45, 2.75) is 45.4 Å². The largest absolute Gasteiger partial charge is 0.488 e. The molecule has 1 atom stereocenters. The molecule has 1 aromatic rings. The van der Waals surface area contributed by atoms with Gasteiger partial charge in [0.1, 0.15) is 0 Å². The third kappa shape index (κ3) is 3.56. The van der Waals surface area contributed by atoms with Crippen LogP contribution in [0.15, 0.2) is 18.3 Å². The Morgan fingerprint density at radius 3 is 2.72 bits per heavy atom. The van der Waals surface area contributed by atoms with Gasteiger partial charge in [0.25, 0.3) is 0 Å². The van der Waals surface area contributed by atoms with E-state index in [1.165, 1.54) is 32.1 Å². The Bertz CT molecular complexity index is 378. The minimum atomic E-state index is -1.39. The molecule has 1 aliphatic carbocycles. The van der Waals surface area contributed by atoms with Crippen LogP contribution in [0.4, 0.5) is 0 Å². The number of pyridine rings is 1. The maximum atomic E-state index is 9.16. The molecule has 3 nitrogen and oxygen atoms in total. The molecule has 2 rings (SSSR count). The first-order valence-electron chi connectivity index (χ1n) is 6.98. The van der Waals surface area contributed by atoms with Gasteiger partial charge in [-0.1, -0.05) is 39.0 Å². The summed E-state index contributed by atoms with van der Waals surface area (Å²) in [7, 11) is -1.39. The zero-order valence-corrected chi connectivity index (χ0v) is 11.0. The maximum absolute atomic E-state index is 9.16. The Hall–Kier alpha value is -0.865. The second-order valence-corrected chi connectivity index (χ2v) is 5.53. The third-order valence-electron chi connectivity index (χ3n) is 4.12. The number of hydrogen-bond donors (Lipinski definition) is 2. The summed E-state index contributed by atoms with van der Waals surface area (Å²) in [6.45, 7) is 2.29. The molecule has 1 saturated carbocycles. The number of aromatic nitrogens is 1. The number of rotatable bonds is 4. The van der Waals surface area contributed by atoms with Crippen LogP contribution in [0.1, 0.15) is 44.7 Å². The van der Waals surface area contributed by atoms with E-state index in [0.717, 1.165) is 18.0 Å². The molecule has 0 bridgehead atoms. The van der Waals surface area contributed by atoms with Gasteiger partial charge in [0.15, 0.2) is 0 Å². The van der Waals surface area contributed by atoms with Gasteiger partial charge in [-0.25, -0.2) is 0 Å². The van der Waals surface area contributed by atoms with E-state index in [-0.39, 0.29) is 0 Å². The summed E-state index contributed by atoms with van der Waals surface area (Å²) in [5.41, 5.74) is 1.51. The Balaban J connectivity index is 1.97. The van der Waals surface area contributed by atoms with Crippen LogP contribution in [-0.4, -0.2) is 22.2 Å². The predicted octanol–water partition coefficient (Wildman–Crippen LogP) is 1.52. The van der Waals surface area contributed by atoms with Gasteiger partial charge in [0, 0.05) is 11.9 Å². The zero-order chi connectivity index (χ0) is 13.0. The Morgan fingerprint density at radius 2 is 2.06 bits per heavy atom. The lowest BCUT2D eigenvalue weighted by Gasteiger charge is -2.27. The molecule has 0 amide bonds. The monoisotopic (exact) mass is 247 g/mol. The smallest absolute Gasteiger partial charge is 0.423 e. The Kier molecular flexibility index (Phi) is 4.78. The van der Waals surface area contributed by atoms with Gasteiger partial charge in [-0.15, -0.1) is 0 Å². The van der Waals surface area contributed by atoms with E-state index in [0.29, 0.717) is 11.4 Å². The van der Waals surface area contributed by atoms with Gasteiger partial charge in [0.2, 0.25) is 0 Å². The second-order valence-electron chi connectivity index (χ2n) is 5.53. The van der Waals surface area contributed by atoms with Crippen LogP contribution in [-0.2, 0) is 6.42 Å². The van der Waals surface area contributed by atoms with Gasteiger partial charge in [-0.2, -0.15) is 0 Å². The van der Waals surface area contributed by atoms with Crippen molar-refractivity contribution in [3.63, 3.8) is 0 Å². The lowest BCUT2D eigenvalue weighted by molar-refractivity contribution is 0.261. The quantitative estimate of drug-likeness (QED) is 0.793. The van der Waals surface area contributed by atoms with Gasteiger partial charge in [-0.3, -0.25) is 4.98 Å². The highest BCUT2D eigenvalue weighted by Gasteiger charge is 2.21. The fourth-order valence-corrected chi connectivity index (χ4v) is 2.97. The van der Waals surface area contributed by atoms with Gasteiger partial charge in [0.05, 0.1) is 0 Å². The fraction of sp³-hybridized carbons (Fsp3) is 0.643. The topological polar surface area (TPSA) is 53.4 Å². The average Bonchev–Trinajstić information content (AvgIpc) is 2.40. The first kappa shape index (κ1) is 13.6. The fourth-order valence-electron chi connectivity index (χ4n) is 2.97. The minimum Gasteiger partial charge on any atom is -0.423 e. The SMILES string of the molecule is CC(Cc1cc(B(O)O)ccn1)C1CCCCC1. The van der Waals surface area contributed by atoms with E-state index in [4.69, 9.17) is 10.0 Å². The molecule has 98 valence electrons. The normalized spacial score (nSPS) is 18.6. The lowest BCUT2D eigenvalue weighted by atomic mass is 9.77. The van der Waals surface area contributed by atoms with Gasteiger partial charge in [-0.05, 0) is 35.9 Å². The first-order valence-corrected chi connectivity index (χ1v) is 6.98. The summed E-state index contributed by atoms with van der Waals surface area (Å²) in [5.74, 6) is 1.44. The maximum Gasteiger partial charge on any atom is 0.488 e. The van der Waals surface area contributed by atoms with E-state index in [1.807, 2.05) is 6.07 Å². The summed E-state index contributed by atoms with van der Waals surface area (Å²) < 4.78 is 0. The van der Waals surface area contributed by atoms with Crippen LogP contribution < -0.4 is 5.46 Å². The van der Waals surface area contributed by atoms with Crippen LogP contribution >= 0.6 is 0 Å². The van der Waals surface area contributed by atoms with Crippen molar-refractivity contribution in [1.82, 2.24) is 4.98 Å². The van der Waals surface area contributed by atoms with Crippen molar-refractivity contribution in [2.75, 3.05) is 0 Å². The average molecular weight is 247 g/mol. The molecule has 1 fully saturated rings. The molecular weight excluding hydrogens is 225 g/mol. The molecule has 0 aliphatic heterocycles. The van der Waals surface area contributed by atoms with Crippen molar-refractivity contribution in [2.24, 2.45) is 11.8 Å². The number of hydrogen-bond acceptors (Lipinski definition) is 3. The van der Waals surface area contributed by atoms with E-state index >= 15 is 0 Å². The molecule has 18 heavy (non-hydrogen) atoms. The summed E-state index contributed by atoms with van der Waals surface area (Å²) in [6.07, 6.45) is 9.37. The molecule has 1 aromatic heterocycles. The van der Waals surface area contributed by atoms with Crippen molar-refractivity contribution >= 4 is 12.6 Å². The number of nitrogens with zero attached hydrogens (tertiary/aromatic N) is 1. The minimum absolute atomic E-state index is 0.538. The van der Waals surface area contributed by atoms with E-state index < -0.39 is 7.12 Å². The standard InChI is InChI=1S/C14H22BNO2/c1-11(12-5-3-2-4-6-12)9-14-10-13(15(17)18)7-8-16-14/h7-8,10-12,17-18H,2-6,9H2,1H3. The zero-order valence-electron chi connectivity index (χ0n) is 11.0. The molecule has 0 saturated heterocycles. The van der Waals surface area contributed by atoms with Crippen LogP contribution in [0, 0.1) is 11.8 Å².